The van der Waals surface area contributed by atoms with Crippen molar-refractivity contribution in [1.82, 2.24) is 4.90 Å². The van der Waals surface area contributed by atoms with Crippen LogP contribution in [-0.4, -0.2) is 38.0 Å². The van der Waals surface area contributed by atoms with Gasteiger partial charge in [-0.25, -0.2) is 4.79 Å². The summed E-state index contributed by atoms with van der Waals surface area (Å²) in [5.41, 5.74) is 0. The molecule has 0 aliphatic heterocycles. The third kappa shape index (κ3) is 5.08. The maximum atomic E-state index is 10.5. The summed E-state index contributed by atoms with van der Waals surface area (Å²) in [6.45, 7) is 2.10. The van der Waals surface area contributed by atoms with Crippen LogP contribution in [0.2, 0.25) is 0 Å². The Labute approximate surface area is 60.5 Å². The predicted molar refractivity (Wildman–Crippen MR) is 39.2 cm³/mol. The normalized spacial score (nSPS) is 9.90. The Morgan fingerprint density at radius 2 is 2.30 bits per heavy atom. The van der Waals surface area contributed by atoms with Gasteiger partial charge >= 0.3 is 6.09 Å². The highest BCUT2D eigenvalue weighted by Gasteiger charge is 1.92. The lowest BCUT2D eigenvalue weighted by Crippen LogP contribution is -2.10. The van der Waals surface area contributed by atoms with Gasteiger partial charge in [0.1, 0.15) is 0 Å². The zero-order valence-electron chi connectivity index (χ0n) is 6.50. The molecule has 1 amide bonds. The van der Waals surface area contributed by atoms with E-state index in [1.807, 2.05) is 0 Å². The molecular formula is C6H12N2O2. The minimum absolute atomic E-state index is 0.365. The van der Waals surface area contributed by atoms with Crippen molar-refractivity contribution in [2.75, 3.05) is 20.7 Å². The van der Waals surface area contributed by atoms with Crippen LogP contribution in [0.5, 0.6) is 0 Å². The molecule has 0 N–H and O–H groups in total. The van der Waals surface area contributed by atoms with Gasteiger partial charge in [-0.15, -0.1) is 0 Å². The molecule has 0 rings (SSSR count). The second kappa shape index (κ2) is 4.78. The third-order valence-corrected chi connectivity index (χ3v) is 0.662. The van der Waals surface area contributed by atoms with Gasteiger partial charge < -0.3 is 9.64 Å². The second-order valence-corrected chi connectivity index (χ2v) is 1.91. The van der Waals surface area contributed by atoms with E-state index in [0.29, 0.717) is 6.61 Å². The van der Waals surface area contributed by atoms with Gasteiger partial charge in [-0.1, -0.05) is 0 Å². The minimum Gasteiger partial charge on any atom is -0.448 e. The first-order chi connectivity index (χ1) is 4.66. The van der Waals surface area contributed by atoms with E-state index in [1.165, 1.54) is 6.34 Å². The highest BCUT2D eigenvalue weighted by atomic mass is 16.5. The molecule has 0 bridgehead atoms. The molecule has 0 aliphatic rings. The van der Waals surface area contributed by atoms with Crippen molar-refractivity contribution < 1.29 is 9.53 Å². The molecule has 0 aromatic heterocycles. The maximum absolute atomic E-state index is 10.5. The molecule has 0 radical (unpaired) electrons. The molecule has 0 saturated carbocycles. The Hall–Kier alpha value is -1.06. The number of rotatable bonds is 2. The Balaban J connectivity index is 3.56. The largest absolute Gasteiger partial charge is 0.448 e. The van der Waals surface area contributed by atoms with E-state index in [0.717, 1.165) is 0 Å². The highest BCUT2D eigenvalue weighted by molar-refractivity contribution is 5.78. The lowest BCUT2D eigenvalue weighted by molar-refractivity contribution is 0.163. The van der Waals surface area contributed by atoms with Crippen LogP contribution >= 0.6 is 0 Å². The van der Waals surface area contributed by atoms with Crippen LogP contribution in [0.1, 0.15) is 6.92 Å². The van der Waals surface area contributed by atoms with Crippen LogP contribution in [0.4, 0.5) is 4.79 Å². The molecular weight excluding hydrogens is 132 g/mol. The van der Waals surface area contributed by atoms with Gasteiger partial charge in [-0.2, -0.15) is 4.99 Å². The average molecular weight is 144 g/mol. The standard InChI is InChI=1S/C6H12N2O2/c1-4-10-6(9)7-5-8(2)3/h5H,4H2,1-3H3/b7-5+. The molecule has 0 aliphatic carbocycles. The first-order valence-electron chi connectivity index (χ1n) is 3.04. The Kier molecular flexibility index (Phi) is 4.28. The molecule has 0 aromatic rings. The average Bonchev–Trinajstić information content (AvgIpc) is 1.85. The van der Waals surface area contributed by atoms with Crippen LogP contribution in [0.3, 0.4) is 0 Å². The van der Waals surface area contributed by atoms with Crippen LogP contribution in [0, 0.1) is 0 Å². The monoisotopic (exact) mass is 144 g/mol. The number of carbonyl (C=O) groups excluding carboxylic acids is 1. The summed E-state index contributed by atoms with van der Waals surface area (Å²) in [4.78, 5) is 15.6. The second-order valence-electron chi connectivity index (χ2n) is 1.91. The summed E-state index contributed by atoms with van der Waals surface area (Å²) in [6.07, 6.45) is 0.856. The smallest absolute Gasteiger partial charge is 0.434 e. The number of aliphatic imine (C=N–C) groups is 1. The fourth-order valence-electron chi connectivity index (χ4n) is 0.323. The molecule has 0 spiro atoms. The van der Waals surface area contributed by atoms with E-state index in [1.54, 1.807) is 25.9 Å². The third-order valence-electron chi connectivity index (χ3n) is 0.662. The predicted octanol–water partition coefficient (Wildman–Crippen LogP) is 0.733. The molecule has 0 heterocycles. The van der Waals surface area contributed by atoms with Crippen molar-refractivity contribution in [3.8, 4) is 0 Å². The van der Waals surface area contributed by atoms with Gasteiger partial charge in [0.05, 0.1) is 12.9 Å². The van der Waals surface area contributed by atoms with E-state index in [9.17, 15) is 4.79 Å². The van der Waals surface area contributed by atoms with Crippen molar-refractivity contribution in [2.45, 2.75) is 6.92 Å². The van der Waals surface area contributed by atoms with Gasteiger partial charge in [-0.05, 0) is 6.92 Å². The fourth-order valence-corrected chi connectivity index (χ4v) is 0.323. The molecule has 0 fully saturated rings. The first-order valence-corrected chi connectivity index (χ1v) is 3.04. The summed E-state index contributed by atoms with van der Waals surface area (Å²) in [7, 11) is 3.56. The van der Waals surface area contributed by atoms with Gasteiger partial charge in [-0.3, -0.25) is 0 Å². The summed E-state index contributed by atoms with van der Waals surface area (Å²) in [6, 6.07) is 0. The molecule has 58 valence electrons. The summed E-state index contributed by atoms with van der Waals surface area (Å²) in [5, 5.41) is 0. The van der Waals surface area contributed by atoms with Gasteiger partial charge in [0.15, 0.2) is 0 Å². The van der Waals surface area contributed by atoms with E-state index >= 15 is 0 Å². The van der Waals surface area contributed by atoms with E-state index in [-0.39, 0.29) is 0 Å². The van der Waals surface area contributed by atoms with E-state index in [2.05, 4.69) is 9.73 Å². The zero-order valence-corrected chi connectivity index (χ0v) is 6.50. The number of nitrogens with zero attached hydrogens (tertiary/aromatic N) is 2. The first kappa shape index (κ1) is 8.94. The summed E-state index contributed by atoms with van der Waals surface area (Å²) >= 11 is 0. The van der Waals surface area contributed by atoms with Crippen LogP contribution < -0.4 is 0 Å². The molecule has 0 unspecified atom stereocenters. The fraction of sp³-hybridized carbons (Fsp3) is 0.667. The van der Waals surface area contributed by atoms with Crippen molar-refractivity contribution in [1.29, 1.82) is 0 Å². The van der Waals surface area contributed by atoms with Crippen molar-refractivity contribution >= 4 is 12.4 Å². The van der Waals surface area contributed by atoms with Gasteiger partial charge in [0, 0.05) is 14.1 Å². The summed E-state index contributed by atoms with van der Waals surface area (Å²) < 4.78 is 4.53. The SMILES string of the molecule is CCOC(=O)/N=C/N(C)C. The van der Waals surface area contributed by atoms with Crippen LogP contribution in [0.15, 0.2) is 4.99 Å². The van der Waals surface area contributed by atoms with Gasteiger partial charge in [0.2, 0.25) is 0 Å². The van der Waals surface area contributed by atoms with Gasteiger partial charge in [0.25, 0.3) is 0 Å². The Bertz CT molecular complexity index is 132. The molecule has 10 heavy (non-hydrogen) atoms. The van der Waals surface area contributed by atoms with Crippen LogP contribution in [0.25, 0.3) is 0 Å². The lowest BCUT2D eigenvalue weighted by Gasteiger charge is -2.00. The van der Waals surface area contributed by atoms with Crippen molar-refractivity contribution in [3.05, 3.63) is 0 Å². The number of hydrogen-bond donors (Lipinski definition) is 0. The van der Waals surface area contributed by atoms with Crippen molar-refractivity contribution in [2.24, 2.45) is 4.99 Å². The number of amides is 1. The van der Waals surface area contributed by atoms with E-state index in [4.69, 9.17) is 0 Å². The van der Waals surface area contributed by atoms with Crippen LogP contribution in [-0.2, 0) is 4.74 Å². The summed E-state index contributed by atoms with van der Waals surface area (Å²) in [5.74, 6) is 0. The molecule has 4 nitrogen and oxygen atoms in total. The lowest BCUT2D eigenvalue weighted by atomic mass is 10.9. The maximum Gasteiger partial charge on any atom is 0.434 e. The number of ether oxygens (including phenoxy) is 1. The molecule has 0 aromatic carbocycles. The topological polar surface area (TPSA) is 41.9 Å². The number of hydrogen-bond acceptors (Lipinski definition) is 2. The zero-order chi connectivity index (χ0) is 7.98. The van der Waals surface area contributed by atoms with E-state index < -0.39 is 6.09 Å². The quantitative estimate of drug-likeness (QED) is 0.424. The Morgan fingerprint density at radius 3 is 2.70 bits per heavy atom. The molecule has 4 heteroatoms. The highest BCUT2D eigenvalue weighted by Crippen LogP contribution is 1.81. The minimum atomic E-state index is -0.545. The molecule has 0 saturated heterocycles. The molecule has 0 atom stereocenters. The number of carbonyl (C=O) groups is 1. The van der Waals surface area contributed by atoms with Crippen molar-refractivity contribution in [3.63, 3.8) is 0 Å². The Morgan fingerprint density at radius 1 is 1.70 bits per heavy atom.